The molecule has 2 aromatic rings. The molecule has 2 aliphatic rings. The normalized spacial score (nSPS) is 15.7. The molecule has 0 atom stereocenters. The largest absolute Gasteiger partial charge is 0.437 e. The molecule has 2 heterocycles. The molecule has 10 nitrogen and oxygen atoms in total. The molecule has 0 bridgehead atoms. The fourth-order valence-electron chi connectivity index (χ4n) is 8.45. The molecule has 58 heavy (non-hydrogen) atoms. The Morgan fingerprint density at radius 1 is 0.431 bits per heavy atom. The van der Waals surface area contributed by atoms with Crippen LogP contribution in [0.25, 0.3) is 10.8 Å². The van der Waals surface area contributed by atoms with Gasteiger partial charge in [0.25, 0.3) is 23.6 Å². The molecular weight excluding hydrogens is 965 g/mol. The molecule has 0 saturated carbocycles. The Morgan fingerprint density at radius 3 is 0.983 bits per heavy atom. The second kappa shape index (κ2) is 18.8. The lowest BCUT2D eigenvalue weighted by Gasteiger charge is -2.38. The number of carbonyl (C=O) groups is 4. The highest BCUT2D eigenvalue weighted by molar-refractivity contribution is 9.10. The van der Waals surface area contributed by atoms with Crippen molar-refractivity contribution in [1.82, 2.24) is 9.80 Å². The molecule has 4 amide bonds. The number of carbonyl (C=O) groups excluding carboxylic acids is 4. The third kappa shape index (κ3) is 13.1. The lowest BCUT2D eigenvalue weighted by atomic mass is 9.85. The van der Waals surface area contributed by atoms with Crippen molar-refractivity contribution >= 4 is 117 Å². The van der Waals surface area contributed by atoms with Crippen LogP contribution in [0.2, 0.25) is 104 Å². The molecule has 18 heteroatoms. The highest BCUT2D eigenvalue weighted by Crippen LogP contribution is 2.44. The minimum absolute atomic E-state index is 0.279. The predicted molar refractivity (Wildman–Crippen MR) is 258 cm³/mol. The SMILES string of the molecule is C[Si](C)(C)O[Si](C)(CCCCCCN1C(=O)c2cc(Br)c3c4c(cc(Br)c(c24)C1=O)C(=O)N(CCCCCC[Si](C)(O[Si](C)(C)C)O[Si](C)(C)C)C3=O)O[Si](C)(C)C. The molecule has 0 saturated heterocycles. The zero-order valence-electron chi connectivity index (χ0n) is 37.6. The van der Waals surface area contributed by atoms with Crippen LogP contribution in [0, 0.1) is 0 Å². The first-order valence-electron chi connectivity index (χ1n) is 21.0. The summed E-state index contributed by atoms with van der Waals surface area (Å²) in [6, 6.07) is 5.14. The van der Waals surface area contributed by atoms with E-state index in [1.807, 2.05) is 0 Å². The smallest absolute Gasteiger partial charge is 0.314 e. The minimum Gasteiger partial charge on any atom is -0.437 e. The second-order valence-electron chi connectivity index (χ2n) is 20.3. The molecule has 0 spiro atoms. The zero-order chi connectivity index (χ0) is 43.8. The van der Waals surface area contributed by atoms with Crippen molar-refractivity contribution in [2.45, 2.75) is 155 Å². The Kier molecular flexibility index (Phi) is 16.1. The van der Waals surface area contributed by atoms with E-state index < -0.39 is 74.0 Å². The number of benzene rings is 2. The van der Waals surface area contributed by atoms with E-state index in [1.165, 1.54) is 9.80 Å². The number of hydrogen-bond acceptors (Lipinski definition) is 8. The third-order valence-corrected chi connectivity index (χ3v) is 30.3. The van der Waals surface area contributed by atoms with Gasteiger partial charge in [0.2, 0.25) is 0 Å². The number of unbranched alkanes of at least 4 members (excludes halogenated alkanes) is 6. The van der Waals surface area contributed by atoms with Crippen molar-refractivity contribution in [2.75, 3.05) is 13.1 Å². The van der Waals surface area contributed by atoms with Crippen LogP contribution in [0.1, 0.15) is 92.8 Å². The van der Waals surface area contributed by atoms with E-state index >= 15 is 0 Å². The number of halogens is 2. The summed E-state index contributed by atoms with van der Waals surface area (Å²) in [4.78, 5) is 58.8. The van der Waals surface area contributed by atoms with E-state index in [0.717, 1.165) is 50.6 Å². The average Bonchev–Trinajstić information content (AvgIpc) is 3.01. The van der Waals surface area contributed by atoms with Crippen LogP contribution in [0.5, 0.6) is 0 Å². The summed E-state index contributed by atoms with van der Waals surface area (Å²) in [6.07, 6.45) is 6.86. The Bertz CT molecular complexity index is 1740. The first-order valence-corrected chi connectivity index (χ1v) is 41.2. The summed E-state index contributed by atoms with van der Waals surface area (Å²) in [5.74, 6) is -1.65. The summed E-state index contributed by atoms with van der Waals surface area (Å²) >= 11 is 7.20. The van der Waals surface area contributed by atoms with E-state index in [-0.39, 0.29) is 13.1 Å². The maximum atomic E-state index is 14.1. The van der Waals surface area contributed by atoms with Gasteiger partial charge in [-0.25, -0.2) is 0 Å². The van der Waals surface area contributed by atoms with Crippen molar-refractivity contribution in [1.29, 1.82) is 0 Å². The molecule has 0 unspecified atom stereocenters. The Labute approximate surface area is 371 Å². The van der Waals surface area contributed by atoms with Crippen LogP contribution < -0.4 is 0 Å². The van der Waals surface area contributed by atoms with Crippen molar-refractivity contribution < 1.29 is 35.6 Å². The van der Waals surface area contributed by atoms with Gasteiger partial charge < -0.3 is 16.5 Å². The van der Waals surface area contributed by atoms with Gasteiger partial charge in [-0.1, -0.05) is 38.5 Å². The predicted octanol–water partition coefficient (Wildman–Crippen LogP) is 12.2. The monoisotopic (exact) mass is 1030 g/mol. The molecule has 2 aromatic carbocycles. The maximum Gasteiger partial charge on any atom is 0.314 e. The van der Waals surface area contributed by atoms with E-state index in [0.29, 0.717) is 54.8 Å². The van der Waals surface area contributed by atoms with E-state index in [2.05, 4.69) is 124 Å². The first-order chi connectivity index (χ1) is 26.4. The van der Waals surface area contributed by atoms with E-state index in [4.69, 9.17) is 16.5 Å². The molecule has 0 radical (unpaired) electrons. The maximum absolute atomic E-state index is 14.1. The first kappa shape index (κ1) is 49.7. The van der Waals surface area contributed by atoms with E-state index in [9.17, 15) is 19.2 Å². The topological polar surface area (TPSA) is 112 Å². The quantitative estimate of drug-likeness (QED) is 0.0651. The molecule has 4 rings (SSSR count). The fraction of sp³-hybridized carbons (Fsp3) is 0.650. The molecule has 324 valence electrons. The third-order valence-electron chi connectivity index (χ3n) is 9.79. The fourth-order valence-corrected chi connectivity index (χ4v) is 34.9. The standard InChI is InChI=1S/C40H68Br2N2O8Si6/c1-53(2,3)49-57(13,50-54(4,5)6)25-21-17-15-19-23-43-37(45)29-27-32(42)36-34-30(28-31(41)35(33(29)34)39(43)47)38(46)44(40(36)48)24-20-16-18-22-26-58(14,51-55(7,8)9)52-56(10,11)12/h27-28H,15-26H2,1-14H3. The number of nitrogens with zero attached hydrogens (tertiary/aromatic N) is 2. The van der Waals surface area contributed by atoms with Crippen molar-refractivity contribution in [3.05, 3.63) is 43.3 Å². The van der Waals surface area contributed by atoms with Gasteiger partial charge in [-0.3, -0.25) is 29.0 Å². The van der Waals surface area contributed by atoms with Crippen molar-refractivity contribution in [2.24, 2.45) is 0 Å². The second-order valence-corrected chi connectivity index (χ2v) is 47.7. The lowest BCUT2D eigenvalue weighted by molar-refractivity contribution is 0.0585. The van der Waals surface area contributed by atoms with Crippen LogP contribution in [0.4, 0.5) is 0 Å². The van der Waals surface area contributed by atoms with Gasteiger partial charge in [0, 0.05) is 43.9 Å². The van der Waals surface area contributed by atoms with Gasteiger partial charge in [-0.15, -0.1) is 0 Å². The lowest BCUT2D eigenvalue weighted by Crippen LogP contribution is -2.52. The Morgan fingerprint density at radius 2 is 0.707 bits per heavy atom. The number of amides is 4. The summed E-state index contributed by atoms with van der Waals surface area (Å²) in [5.41, 5.74) is 1.27. The van der Waals surface area contributed by atoms with Gasteiger partial charge in [0.05, 0.1) is 11.1 Å². The van der Waals surface area contributed by atoms with Crippen molar-refractivity contribution in [3.63, 3.8) is 0 Å². The number of hydrogen-bond donors (Lipinski definition) is 0. The van der Waals surface area contributed by atoms with Gasteiger partial charge in [0.15, 0.2) is 33.3 Å². The van der Waals surface area contributed by atoms with Crippen LogP contribution in [-0.2, 0) is 16.5 Å². The Balaban J connectivity index is 1.42. The van der Waals surface area contributed by atoms with Crippen LogP contribution >= 0.6 is 31.9 Å². The molecule has 0 aliphatic carbocycles. The molecule has 2 aliphatic heterocycles. The summed E-state index contributed by atoms with van der Waals surface area (Å²) in [5, 5.41) is 0.745. The van der Waals surface area contributed by atoms with E-state index in [1.54, 1.807) is 12.1 Å². The average molecular weight is 1030 g/mol. The molecule has 0 aromatic heterocycles. The Hall–Kier alpha value is -0.919. The van der Waals surface area contributed by atoms with Gasteiger partial charge >= 0.3 is 17.1 Å². The molecule has 0 fully saturated rings. The highest BCUT2D eigenvalue weighted by Gasteiger charge is 2.43. The highest BCUT2D eigenvalue weighted by atomic mass is 79.9. The zero-order valence-corrected chi connectivity index (χ0v) is 46.7. The number of imide groups is 2. The van der Waals surface area contributed by atoms with Gasteiger partial charge in [-0.05, 0) is 161 Å². The van der Waals surface area contributed by atoms with Crippen LogP contribution in [0.15, 0.2) is 21.1 Å². The minimum atomic E-state index is -2.33. The number of rotatable bonds is 22. The summed E-state index contributed by atoms with van der Waals surface area (Å²) < 4.78 is 27.5. The summed E-state index contributed by atoms with van der Waals surface area (Å²) in [6.45, 7) is 31.5. The van der Waals surface area contributed by atoms with Crippen LogP contribution in [-0.4, -0.2) is 96.9 Å². The van der Waals surface area contributed by atoms with Crippen LogP contribution in [0.3, 0.4) is 0 Å². The molecular formula is C40H68Br2N2O8Si6. The van der Waals surface area contributed by atoms with Gasteiger partial charge in [-0.2, -0.15) is 0 Å². The molecule has 0 N–H and O–H groups in total. The van der Waals surface area contributed by atoms with Gasteiger partial charge in [0.1, 0.15) is 0 Å². The van der Waals surface area contributed by atoms with Crippen molar-refractivity contribution in [3.8, 4) is 0 Å². The summed E-state index contributed by atoms with van der Waals surface area (Å²) in [7, 11) is -11.8.